The maximum atomic E-state index is 13.4. The zero-order valence-corrected chi connectivity index (χ0v) is 12.0. The van der Waals surface area contributed by atoms with E-state index in [2.05, 4.69) is 5.32 Å². The number of benzene rings is 1. The topological polar surface area (TPSA) is 12.0 Å². The minimum atomic E-state index is -4.17. The summed E-state index contributed by atoms with van der Waals surface area (Å²) in [6.45, 7) is 2.59. The second-order valence-corrected chi connectivity index (χ2v) is 5.04. The van der Waals surface area contributed by atoms with E-state index in [1.807, 2.05) is 6.92 Å². The molecule has 0 spiro atoms. The number of hydrogen-bond acceptors (Lipinski definition) is 1. The van der Waals surface area contributed by atoms with Crippen LogP contribution in [0.15, 0.2) is 18.2 Å². The molecule has 0 saturated heterocycles. The largest absolute Gasteiger partial charge is 0.389 e. The second kappa shape index (κ2) is 7.84. The van der Waals surface area contributed by atoms with Crippen molar-refractivity contribution in [2.45, 2.75) is 44.8 Å². The highest BCUT2D eigenvalue weighted by molar-refractivity contribution is 6.31. The minimum absolute atomic E-state index is 0.0161. The molecule has 0 aliphatic heterocycles. The van der Waals surface area contributed by atoms with E-state index in [0.717, 1.165) is 6.42 Å². The Morgan fingerprint density at radius 2 is 2.00 bits per heavy atom. The maximum absolute atomic E-state index is 13.4. The first-order valence-corrected chi connectivity index (χ1v) is 6.97. The van der Waals surface area contributed by atoms with Crippen LogP contribution >= 0.6 is 11.6 Å². The first-order chi connectivity index (χ1) is 9.35. The van der Waals surface area contributed by atoms with E-state index in [4.69, 9.17) is 11.6 Å². The van der Waals surface area contributed by atoms with Crippen LogP contribution in [0.25, 0.3) is 0 Å². The highest BCUT2D eigenvalue weighted by Gasteiger charge is 2.27. The molecule has 6 heteroatoms. The maximum Gasteiger partial charge on any atom is 0.389 e. The highest BCUT2D eigenvalue weighted by Crippen LogP contribution is 2.31. The fourth-order valence-corrected chi connectivity index (χ4v) is 2.24. The average molecular weight is 312 g/mol. The zero-order chi connectivity index (χ0) is 15.2. The smallest absolute Gasteiger partial charge is 0.310 e. The van der Waals surface area contributed by atoms with E-state index in [9.17, 15) is 17.6 Å². The van der Waals surface area contributed by atoms with E-state index in [-0.39, 0.29) is 23.9 Å². The number of halogens is 5. The van der Waals surface area contributed by atoms with Crippen molar-refractivity contribution < 1.29 is 17.6 Å². The lowest BCUT2D eigenvalue weighted by Gasteiger charge is -2.20. The number of hydrogen-bond donors (Lipinski definition) is 1. The Labute approximate surface area is 121 Å². The lowest BCUT2D eigenvalue weighted by atomic mass is 10.0. The Hall–Kier alpha value is -0.810. The predicted molar refractivity (Wildman–Crippen MR) is 72.4 cm³/mol. The van der Waals surface area contributed by atoms with Crippen LogP contribution in [0.2, 0.25) is 5.02 Å². The van der Waals surface area contributed by atoms with Crippen molar-refractivity contribution in [2.24, 2.45) is 0 Å². The first kappa shape index (κ1) is 17.2. The average Bonchev–Trinajstić information content (AvgIpc) is 2.36. The first-order valence-electron chi connectivity index (χ1n) is 6.59. The van der Waals surface area contributed by atoms with Gasteiger partial charge in [0.05, 0.1) is 5.02 Å². The molecule has 0 heterocycles. The molecule has 1 unspecified atom stereocenters. The summed E-state index contributed by atoms with van der Waals surface area (Å²) in [5.74, 6) is -0.553. The predicted octanol–water partition coefficient (Wildman–Crippen LogP) is 5.25. The minimum Gasteiger partial charge on any atom is -0.310 e. The normalized spacial score (nSPS) is 13.5. The summed E-state index contributed by atoms with van der Waals surface area (Å²) in [4.78, 5) is 0. The molecule has 0 aromatic heterocycles. The third-order valence-electron chi connectivity index (χ3n) is 2.95. The fraction of sp³-hybridized carbons (Fsp3) is 0.571. The quantitative estimate of drug-likeness (QED) is 0.678. The Morgan fingerprint density at radius 1 is 1.30 bits per heavy atom. The van der Waals surface area contributed by atoms with Crippen LogP contribution in [0.5, 0.6) is 0 Å². The van der Waals surface area contributed by atoms with E-state index < -0.39 is 18.4 Å². The van der Waals surface area contributed by atoms with E-state index in [0.29, 0.717) is 12.1 Å². The molecule has 0 bridgehead atoms. The van der Waals surface area contributed by atoms with Crippen LogP contribution in [0.3, 0.4) is 0 Å². The molecule has 0 aliphatic carbocycles. The fourth-order valence-electron chi connectivity index (χ4n) is 1.98. The van der Waals surface area contributed by atoms with Gasteiger partial charge in [0, 0.05) is 12.5 Å². The van der Waals surface area contributed by atoms with Gasteiger partial charge in [-0.05, 0) is 37.4 Å². The van der Waals surface area contributed by atoms with Crippen LogP contribution in [0.4, 0.5) is 17.6 Å². The van der Waals surface area contributed by atoms with Crippen LogP contribution in [0, 0.1) is 5.82 Å². The summed E-state index contributed by atoms with van der Waals surface area (Å²) in [6.07, 6.45) is -3.92. The molecular formula is C14H18ClF4N. The van der Waals surface area contributed by atoms with E-state index >= 15 is 0 Å². The van der Waals surface area contributed by atoms with Gasteiger partial charge in [-0.1, -0.05) is 30.7 Å². The van der Waals surface area contributed by atoms with Crippen molar-refractivity contribution in [3.8, 4) is 0 Å². The number of alkyl halides is 3. The summed E-state index contributed by atoms with van der Waals surface area (Å²) in [5.41, 5.74) is 0.516. The molecule has 1 nitrogen and oxygen atoms in total. The molecular weight excluding hydrogens is 294 g/mol. The van der Waals surface area contributed by atoms with Crippen LogP contribution in [0.1, 0.15) is 44.2 Å². The van der Waals surface area contributed by atoms with Crippen LogP contribution in [-0.4, -0.2) is 12.7 Å². The third kappa shape index (κ3) is 5.67. The monoisotopic (exact) mass is 311 g/mol. The summed E-state index contributed by atoms with van der Waals surface area (Å²) < 4.78 is 50.0. The van der Waals surface area contributed by atoms with E-state index in [1.165, 1.54) is 12.1 Å². The van der Waals surface area contributed by atoms with Gasteiger partial charge >= 0.3 is 6.18 Å². The lowest BCUT2D eigenvalue weighted by Crippen LogP contribution is -2.23. The Balaban J connectivity index is 2.75. The van der Waals surface area contributed by atoms with Gasteiger partial charge in [-0.3, -0.25) is 0 Å². The van der Waals surface area contributed by atoms with Gasteiger partial charge < -0.3 is 5.32 Å². The standard InChI is InChI=1S/C14H18ClF4N/c1-2-9-20-12(7-4-8-14(17,18)19)10-5-3-6-11(16)13(10)15/h3,5-6,12,20H,2,4,7-9H2,1H3. The van der Waals surface area contributed by atoms with Crippen molar-refractivity contribution in [3.05, 3.63) is 34.6 Å². The molecule has 0 aliphatic rings. The number of rotatable bonds is 7. The van der Waals surface area contributed by atoms with Crippen LogP contribution < -0.4 is 5.32 Å². The van der Waals surface area contributed by atoms with Gasteiger partial charge in [-0.25, -0.2) is 4.39 Å². The SMILES string of the molecule is CCCNC(CCCC(F)(F)F)c1cccc(F)c1Cl. The Morgan fingerprint density at radius 3 is 2.60 bits per heavy atom. The van der Waals surface area contributed by atoms with E-state index in [1.54, 1.807) is 6.07 Å². The molecule has 1 aromatic rings. The molecule has 0 radical (unpaired) electrons. The Bertz CT molecular complexity index is 420. The van der Waals surface area contributed by atoms with Gasteiger partial charge in [0.2, 0.25) is 0 Å². The lowest BCUT2D eigenvalue weighted by molar-refractivity contribution is -0.135. The van der Waals surface area contributed by atoms with Gasteiger partial charge in [0.15, 0.2) is 0 Å². The molecule has 114 valence electrons. The van der Waals surface area contributed by atoms with Crippen LogP contribution in [-0.2, 0) is 0 Å². The molecule has 0 amide bonds. The molecule has 1 atom stereocenters. The molecule has 20 heavy (non-hydrogen) atoms. The van der Waals surface area contributed by atoms with Crippen molar-refractivity contribution in [1.82, 2.24) is 5.32 Å². The van der Waals surface area contributed by atoms with Crippen molar-refractivity contribution in [2.75, 3.05) is 6.54 Å². The van der Waals surface area contributed by atoms with Crippen molar-refractivity contribution in [1.29, 1.82) is 0 Å². The Kier molecular flexibility index (Phi) is 6.76. The third-order valence-corrected chi connectivity index (χ3v) is 3.35. The summed E-state index contributed by atoms with van der Waals surface area (Å²) in [7, 11) is 0. The summed E-state index contributed by atoms with van der Waals surface area (Å²) >= 11 is 5.90. The molecule has 0 saturated carbocycles. The summed E-state index contributed by atoms with van der Waals surface area (Å²) in [5, 5.41) is 3.10. The van der Waals surface area contributed by atoms with Gasteiger partial charge in [-0.2, -0.15) is 13.2 Å². The molecule has 0 fully saturated rings. The molecule has 1 aromatic carbocycles. The number of nitrogens with one attached hydrogen (secondary N) is 1. The summed E-state index contributed by atoms with van der Waals surface area (Å²) in [6, 6.07) is 4.03. The van der Waals surface area contributed by atoms with Crippen molar-refractivity contribution >= 4 is 11.6 Å². The van der Waals surface area contributed by atoms with Gasteiger partial charge in [0.25, 0.3) is 0 Å². The molecule has 1 rings (SSSR count). The van der Waals surface area contributed by atoms with Gasteiger partial charge in [0.1, 0.15) is 5.82 Å². The highest BCUT2D eigenvalue weighted by atomic mass is 35.5. The van der Waals surface area contributed by atoms with Crippen molar-refractivity contribution in [3.63, 3.8) is 0 Å². The zero-order valence-electron chi connectivity index (χ0n) is 11.2. The van der Waals surface area contributed by atoms with Gasteiger partial charge in [-0.15, -0.1) is 0 Å². The molecule has 1 N–H and O–H groups in total. The second-order valence-electron chi connectivity index (χ2n) is 4.66.